The Morgan fingerprint density at radius 1 is 0.962 bits per heavy atom. The Kier molecular flexibility index (Phi) is 13.3. The van der Waals surface area contributed by atoms with Crippen molar-refractivity contribution >= 4 is 51.9 Å². The molecule has 0 amide bonds. The van der Waals surface area contributed by atoms with Gasteiger partial charge in [0.05, 0.1) is 19.3 Å². The normalized spacial score (nSPS) is 21.8. The molecule has 1 aliphatic heterocycles. The summed E-state index contributed by atoms with van der Waals surface area (Å²) in [7, 11) is -1.54. The number of Topliss-reactive ketones (excluding diaryl/α,β-unsaturated/α-hetero) is 1. The van der Waals surface area contributed by atoms with Crippen LogP contribution in [0.4, 0.5) is 0 Å². The first kappa shape index (κ1) is 39.0. The number of carbonyl (C=O) groups excluding carboxylic acids is 2. The van der Waals surface area contributed by atoms with Gasteiger partial charge in [0.2, 0.25) is 0 Å². The van der Waals surface area contributed by atoms with E-state index in [2.05, 4.69) is 136 Å². The predicted molar refractivity (Wildman–Crippen MR) is 217 cm³/mol. The Morgan fingerprint density at radius 3 is 2.30 bits per heavy atom. The highest BCUT2D eigenvalue weighted by Crippen LogP contribution is 2.43. The van der Waals surface area contributed by atoms with E-state index in [0.29, 0.717) is 32.3 Å². The molecule has 0 radical (unpaired) electrons. The minimum Gasteiger partial charge on any atom is -0.469 e. The number of hydrogen-bond acceptors (Lipinski definition) is 7. The molecule has 3 aromatic carbocycles. The standard InChI is InChI=1S/C45H54O6SSi/c1-45(2,3)53(34-20-9-7-10-21-34,35-22-11-8-12-23-35)51-39(42-31-33-19-15-16-25-41(33)52-42)29-28-37-36(24-13-5-6-14-26-43(47)48-4)38(46)32-40(37)50-44-27-17-18-30-49-44/h5,7-13,15-16,19-23,25,28-29,31,36-37,39-40,44H,6,14,17-18,24,26-27,30,32H2,1-4H3/t36-,37-,39?,40-,44?/m1/s1. The maximum Gasteiger partial charge on any atom is 0.305 e. The molecule has 5 atom stereocenters. The van der Waals surface area contributed by atoms with Crippen LogP contribution in [-0.4, -0.2) is 46.2 Å². The fraction of sp³-hybridized carbons (Fsp3) is 0.422. The summed E-state index contributed by atoms with van der Waals surface area (Å²) >= 11 is 1.77. The lowest BCUT2D eigenvalue weighted by atomic mass is 9.90. The SMILES string of the molecule is COC(=O)CCCC=CC[C@H]1C(=O)C[C@@H](OC2CCCCO2)[C@@H]1C=CC(O[Si](c1ccccc1)(c1ccccc1)C(C)(C)C)c1cc2ccccc2s1. The molecule has 0 spiro atoms. The van der Waals surface area contributed by atoms with Crippen molar-refractivity contribution in [1.29, 1.82) is 0 Å². The summed E-state index contributed by atoms with van der Waals surface area (Å²) in [6.45, 7) is 7.61. The van der Waals surface area contributed by atoms with Crippen LogP contribution in [0.3, 0.4) is 0 Å². The summed E-state index contributed by atoms with van der Waals surface area (Å²) in [5.74, 6) is -0.362. The van der Waals surface area contributed by atoms with Crippen molar-refractivity contribution in [2.24, 2.45) is 11.8 Å². The van der Waals surface area contributed by atoms with Gasteiger partial charge in [-0.3, -0.25) is 9.59 Å². The lowest BCUT2D eigenvalue weighted by Gasteiger charge is -2.44. The largest absolute Gasteiger partial charge is 0.469 e. The highest BCUT2D eigenvalue weighted by atomic mass is 32.1. The van der Waals surface area contributed by atoms with Crippen molar-refractivity contribution in [3.05, 3.63) is 120 Å². The number of allylic oxidation sites excluding steroid dienone is 2. The Labute approximate surface area is 320 Å². The Balaban J connectivity index is 1.39. The quantitative estimate of drug-likeness (QED) is 0.0522. The Hall–Kier alpha value is -3.66. The van der Waals surface area contributed by atoms with Crippen LogP contribution in [0, 0.1) is 11.8 Å². The maximum absolute atomic E-state index is 13.8. The summed E-state index contributed by atoms with van der Waals surface area (Å²) in [6.07, 6.45) is 13.4. The number of methoxy groups -OCH3 is 1. The fourth-order valence-corrected chi connectivity index (χ4v) is 13.7. The Bertz CT molecular complexity index is 1770. The van der Waals surface area contributed by atoms with Gasteiger partial charge in [-0.1, -0.05) is 124 Å². The van der Waals surface area contributed by atoms with E-state index in [0.717, 1.165) is 30.6 Å². The van der Waals surface area contributed by atoms with Gasteiger partial charge >= 0.3 is 5.97 Å². The van der Waals surface area contributed by atoms with Crippen LogP contribution in [0.1, 0.15) is 83.1 Å². The first-order valence-electron chi connectivity index (χ1n) is 19.2. The molecular formula is C45H54O6SSi. The second-order valence-electron chi connectivity index (χ2n) is 15.3. The van der Waals surface area contributed by atoms with E-state index in [9.17, 15) is 9.59 Å². The maximum atomic E-state index is 13.8. The van der Waals surface area contributed by atoms with E-state index in [-0.39, 0.29) is 47.1 Å². The van der Waals surface area contributed by atoms with Crippen molar-refractivity contribution < 1.29 is 28.2 Å². The third kappa shape index (κ3) is 9.35. The van der Waals surface area contributed by atoms with Gasteiger partial charge in [-0.05, 0) is 71.5 Å². The topological polar surface area (TPSA) is 71.1 Å². The molecule has 53 heavy (non-hydrogen) atoms. The van der Waals surface area contributed by atoms with Gasteiger partial charge in [-0.25, -0.2) is 0 Å². The highest BCUT2D eigenvalue weighted by Gasteiger charge is 2.52. The summed E-state index contributed by atoms with van der Waals surface area (Å²) in [6, 6.07) is 32.3. The number of ketones is 1. The molecule has 6 nitrogen and oxygen atoms in total. The molecule has 280 valence electrons. The first-order valence-corrected chi connectivity index (χ1v) is 21.9. The lowest BCUT2D eigenvalue weighted by molar-refractivity contribution is -0.192. The van der Waals surface area contributed by atoms with E-state index in [1.165, 1.54) is 27.6 Å². The molecule has 2 unspecified atom stereocenters. The number of ether oxygens (including phenoxy) is 3. The van der Waals surface area contributed by atoms with Crippen LogP contribution in [0.5, 0.6) is 0 Å². The third-order valence-corrected chi connectivity index (χ3v) is 16.9. The molecule has 0 N–H and O–H groups in total. The van der Waals surface area contributed by atoms with Gasteiger partial charge < -0.3 is 18.6 Å². The second kappa shape index (κ2) is 18.1. The molecule has 0 bridgehead atoms. The lowest BCUT2D eigenvalue weighted by Crippen LogP contribution is -2.66. The Morgan fingerprint density at radius 2 is 1.66 bits per heavy atom. The molecule has 8 heteroatoms. The van der Waals surface area contributed by atoms with Gasteiger partial charge in [-0.2, -0.15) is 0 Å². The van der Waals surface area contributed by atoms with E-state index in [1.54, 1.807) is 11.3 Å². The van der Waals surface area contributed by atoms with E-state index in [4.69, 9.17) is 18.6 Å². The molecule has 1 aliphatic carbocycles. The van der Waals surface area contributed by atoms with E-state index in [1.807, 2.05) is 0 Å². The summed E-state index contributed by atoms with van der Waals surface area (Å²) in [5, 5.41) is 3.42. The average Bonchev–Trinajstić information content (AvgIpc) is 3.73. The van der Waals surface area contributed by atoms with Gasteiger partial charge in [0, 0.05) is 40.9 Å². The van der Waals surface area contributed by atoms with Crippen LogP contribution >= 0.6 is 11.3 Å². The van der Waals surface area contributed by atoms with Crippen LogP contribution < -0.4 is 10.4 Å². The zero-order valence-electron chi connectivity index (χ0n) is 31.6. The monoisotopic (exact) mass is 750 g/mol. The van der Waals surface area contributed by atoms with Crippen LogP contribution in [0.25, 0.3) is 10.1 Å². The minimum atomic E-state index is -2.96. The molecular weight excluding hydrogens is 697 g/mol. The van der Waals surface area contributed by atoms with Crippen LogP contribution in [0.2, 0.25) is 5.04 Å². The number of hydrogen-bond donors (Lipinski definition) is 0. The molecule has 6 rings (SSSR count). The number of benzene rings is 3. The molecule has 4 aromatic rings. The number of unbranched alkanes of at least 4 members (excludes halogenated alkanes) is 1. The summed E-state index contributed by atoms with van der Waals surface area (Å²) < 4.78 is 26.5. The smallest absolute Gasteiger partial charge is 0.305 e. The second-order valence-corrected chi connectivity index (χ2v) is 20.6. The molecule has 1 aromatic heterocycles. The highest BCUT2D eigenvalue weighted by molar-refractivity contribution is 7.19. The molecule has 2 fully saturated rings. The van der Waals surface area contributed by atoms with Crippen molar-refractivity contribution in [2.75, 3.05) is 13.7 Å². The fourth-order valence-electron chi connectivity index (χ4n) is 7.93. The summed E-state index contributed by atoms with van der Waals surface area (Å²) in [4.78, 5) is 26.5. The minimum absolute atomic E-state index is 0.146. The number of fused-ring (bicyclic) bond motifs is 1. The summed E-state index contributed by atoms with van der Waals surface area (Å²) in [5.41, 5.74) is 0. The van der Waals surface area contributed by atoms with Gasteiger partial charge in [0.15, 0.2) is 6.29 Å². The predicted octanol–water partition coefficient (Wildman–Crippen LogP) is 9.48. The molecule has 1 saturated heterocycles. The van der Waals surface area contributed by atoms with Crippen LogP contribution in [0.15, 0.2) is 115 Å². The van der Waals surface area contributed by atoms with Crippen molar-refractivity contribution in [1.82, 2.24) is 0 Å². The van der Waals surface area contributed by atoms with Crippen molar-refractivity contribution in [2.45, 2.75) is 95.7 Å². The van der Waals surface area contributed by atoms with Crippen molar-refractivity contribution in [3.8, 4) is 0 Å². The first-order chi connectivity index (χ1) is 25.7. The van der Waals surface area contributed by atoms with E-state index >= 15 is 0 Å². The van der Waals surface area contributed by atoms with E-state index < -0.39 is 8.32 Å². The van der Waals surface area contributed by atoms with Crippen LogP contribution in [-0.2, 0) is 28.2 Å². The number of esters is 1. The molecule has 2 aliphatic rings. The zero-order chi connectivity index (χ0) is 37.3. The average molecular weight is 751 g/mol. The number of rotatable bonds is 15. The van der Waals surface area contributed by atoms with Gasteiger partial charge in [0.25, 0.3) is 8.32 Å². The molecule has 1 saturated carbocycles. The number of carbonyl (C=O) groups is 2. The number of thiophene rings is 1. The third-order valence-electron chi connectivity index (χ3n) is 10.7. The zero-order valence-corrected chi connectivity index (χ0v) is 33.4. The molecule has 2 heterocycles. The van der Waals surface area contributed by atoms with Gasteiger partial charge in [0.1, 0.15) is 5.78 Å². The van der Waals surface area contributed by atoms with Crippen molar-refractivity contribution in [3.63, 3.8) is 0 Å². The van der Waals surface area contributed by atoms with Gasteiger partial charge in [-0.15, -0.1) is 11.3 Å².